The van der Waals surface area contributed by atoms with Crippen molar-refractivity contribution in [2.45, 2.75) is 19.4 Å². The predicted molar refractivity (Wildman–Crippen MR) is 159 cm³/mol. The lowest BCUT2D eigenvalue weighted by molar-refractivity contribution is 0.0695. The van der Waals surface area contributed by atoms with Crippen molar-refractivity contribution in [1.82, 2.24) is 14.5 Å². The minimum Gasteiger partial charge on any atom is -0.477 e. The molecule has 220 valence electrons. The number of hydrogen-bond acceptors (Lipinski definition) is 7. The molecule has 0 bridgehead atoms. The molecule has 2 aromatic heterocycles. The molecule has 0 amide bonds. The minimum absolute atomic E-state index is 0.0534. The fraction of sp³-hybridized carbons (Fsp3) is 0.290. The summed E-state index contributed by atoms with van der Waals surface area (Å²) in [6.45, 7) is 3.76. The van der Waals surface area contributed by atoms with Gasteiger partial charge in [0.2, 0.25) is 5.43 Å². The summed E-state index contributed by atoms with van der Waals surface area (Å²) >= 11 is 6.87. The number of hydrogen-bond donors (Lipinski definition) is 1. The summed E-state index contributed by atoms with van der Waals surface area (Å²) in [6.07, 6.45) is 4.85. The number of carbonyl (C=O) groups is 1. The van der Waals surface area contributed by atoms with Crippen LogP contribution in [0, 0.1) is 23.0 Å². The molecule has 2 saturated heterocycles. The second-order valence-electron chi connectivity index (χ2n) is 10.7. The Bertz CT molecular complexity index is 1840. The van der Waals surface area contributed by atoms with Gasteiger partial charge in [-0.05, 0) is 56.3 Å². The first kappa shape index (κ1) is 28.6. The molecule has 2 fully saturated rings. The summed E-state index contributed by atoms with van der Waals surface area (Å²) in [6, 6.07) is 11.1. The number of carboxylic acids is 1. The Hall–Kier alpha value is -4.53. The largest absolute Gasteiger partial charge is 0.477 e. The molecular formula is C31H27ClF2N6O3. The van der Waals surface area contributed by atoms with Crippen LogP contribution in [0.1, 0.15) is 34.3 Å². The van der Waals surface area contributed by atoms with Crippen LogP contribution >= 0.6 is 11.6 Å². The number of aromatic nitrogens is 2. The van der Waals surface area contributed by atoms with E-state index in [1.807, 2.05) is 4.90 Å². The molecule has 4 aromatic rings. The van der Waals surface area contributed by atoms with Crippen molar-refractivity contribution in [3.8, 4) is 11.8 Å². The van der Waals surface area contributed by atoms with Crippen molar-refractivity contribution in [2.24, 2.45) is 0 Å². The van der Waals surface area contributed by atoms with Gasteiger partial charge in [-0.25, -0.2) is 18.6 Å². The molecule has 12 heteroatoms. The number of benzene rings is 2. The zero-order chi connectivity index (χ0) is 30.2. The molecule has 0 radical (unpaired) electrons. The molecule has 0 saturated carbocycles. The van der Waals surface area contributed by atoms with Gasteiger partial charge in [0.05, 0.1) is 27.2 Å². The minimum atomic E-state index is -1.49. The second-order valence-corrected chi connectivity index (χ2v) is 11.1. The van der Waals surface area contributed by atoms with E-state index in [9.17, 15) is 20.0 Å². The van der Waals surface area contributed by atoms with Gasteiger partial charge >= 0.3 is 5.97 Å². The highest BCUT2D eigenvalue weighted by molar-refractivity contribution is 6.38. The molecule has 6 rings (SSSR count). The van der Waals surface area contributed by atoms with Crippen LogP contribution in [-0.4, -0.2) is 64.8 Å². The molecule has 0 atom stereocenters. The summed E-state index contributed by atoms with van der Waals surface area (Å²) < 4.78 is 32.4. The number of carboxylic acid groups (broad SMARTS) is 1. The van der Waals surface area contributed by atoms with Crippen LogP contribution in [0.4, 0.5) is 20.3 Å². The number of halogens is 3. The topological polar surface area (TPSA) is 106 Å². The Morgan fingerprint density at radius 3 is 2.42 bits per heavy atom. The quantitative estimate of drug-likeness (QED) is 0.334. The number of fused-ring (bicyclic) bond motifs is 1. The average molecular weight is 605 g/mol. The third kappa shape index (κ3) is 5.28. The smallest absolute Gasteiger partial charge is 0.341 e. The third-order valence-electron chi connectivity index (χ3n) is 8.10. The number of piperazine rings is 1. The lowest BCUT2D eigenvalue weighted by Gasteiger charge is -2.37. The van der Waals surface area contributed by atoms with Crippen molar-refractivity contribution >= 4 is 40.0 Å². The van der Waals surface area contributed by atoms with Crippen LogP contribution in [0.3, 0.4) is 0 Å². The average Bonchev–Trinajstić information content (AvgIpc) is 3.52. The lowest BCUT2D eigenvalue weighted by Crippen LogP contribution is -2.47. The van der Waals surface area contributed by atoms with Gasteiger partial charge in [-0.15, -0.1) is 0 Å². The van der Waals surface area contributed by atoms with Crippen molar-refractivity contribution in [3.63, 3.8) is 0 Å². The summed E-state index contributed by atoms with van der Waals surface area (Å²) in [5, 5.41) is 18.9. The fourth-order valence-corrected chi connectivity index (χ4v) is 6.33. The van der Waals surface area contributed by atoms with Gasteiger partial charge in [0, 0.05) is 56.4 Å². The Labute approximate surface area is 250 Å². The van der Waals surface area contributed by atoms with Crippen LogP contribution < -0.4 is 15.2 Å². The molecule has 0 unspecified atom stereocenters. The Kier molecular flexibility index (Phi) is 7.73. The van der Waals surface area contributed by atoms with Gasteiger partial charge < -0.3 is 19.5 Å². The van der Waals surface area contributed by atoms with Crippen LogP contribution in [0.5, 0.6) is 0 Å². The van der Waals surface area contributed by atoms with E-state index in [2.05, 4.69) is 16.0 Å². The maximum absolute atomic E-state index is 15.7. The van der Waals surface area contributed by atoms with Crippen LogP contribution in [0.2, 0.25) is 5.02 Å². The number of pyridine rings is 2. The molecule has 0 spiro atoms. The van der Waals surface area contributed by atoms with E-state index in [1.165, 1.54) is 10.6 Å². The highest BCUT2D eigenvalue weighted by atomic mass is 35.5. The molecular weight excluding hydrogens is 578 g/mol. The predicted octanol–water partition coefficient (Wildman–Crippen LogP) is 4.81. The SMILES string of the molecule is N#Cc1cccnc1N1CCN(c2c(F)cc3c(=O)c(C(=O)O)cn(-c4ccc(CN5CCCC5)c(F)c4)c3c2Cl)CC1. The highest BCUT2D eigenvalue weighted by Gasteiger charge is 2.28. The van der Waals surface area contributed by atoms with Crippen LogP contribution in [-0.2, 0) is 6.54 Å². The van der Waals surface area contributed by atoms with E-state index in [0.29, 0.717) is 49.7 Å². The van der Waals surface area contributed by atoms with Gasteiger partial charge in [0.15, 0.2) is 0 Å². The van der Waals surface area contributed by atoms with E-state index in [4.69, 9.17) is 11.6 Å². The van der Waals surface area contributed by atoms with Crippen molar-refractivity contribution in [3.05, 3.63) is 92.4 Å². The number of aromatic carboxylic acids is 1. The van der Waals surface area contributed by atoms with Gasteiger partial charge in [-0.2, -0.15) is 5.26 Å². The molecule has 0 aliphatic carbocycles. The number of nitriles is 1. The molecule has 43 heavy (non-hydrogen) atoms. The zero-order valence-electron chi connectivity index (χ0n) is 23.1. The molecule has 9 nitrogen and oxygen atoms in total. The lowest BCUT2D eigenvalue weighted by atomic mass is 10.1. The van der Waals surface area contributed by atoms with Gasteiger partial charge in [-0.1, -0.05) is 17.7 Å². The molecule has 1 N–H and O–H groups in total. The second kappa shape index (κ2) is 11.6. The molecule has 2 aliphatic heterocycles. The van der Waals surface area contributed by atoms with Crippen LogP contribution in [0.15, 0.2) is 53.6 Å². The maximum atomic E-state index is 15.7. The number of rotatable bonds is 6. The van der Waals surface area contributed by atoms with Gasteiger partial charge in [0.25, 0.3) is 0 Å². The summed E-state index contributed by atoms with van der Waals surface area (Å²) in [5.74, 6) is -2.21. The fourth-order valence-electron chi connectivity index (χ4n) is 5.92. The summed E-state index contributed by atoms with van der Waals surface area (Å²) in [5.41, 5.74) is -0.161. The standard InChI is InChI=1S/C31H27ClF2N6O3/c32-26-27-22(15-25(34)28(26)38-10-12-39(13-11-38)30-19(16-35)4-3-7-36-30)29(41)23(31(42)43)18-40(27)21-6-5-20(24(33)14-21)17-37-8-1-2-9-37/h3-7,14-15,18H,1-2,8-13,17H2,(H,42,43). The van der Waals surface area contributed by atoms with E-state index >= 15 is 8.78 Å². The molecule has 2 aromatic carbocycles. The summed E-state index contributed by atoms with van der Waals surface area (Å²) in [4.78, 5) is 35.3. The number of anilines is 2. The Morgan fingerprint density at radius 1 is 1.02 bits per heavy atom. The van der Waals surface area contributed by atoms with Crippen molar-refractivity contribution in [1.29, 1.82) is 5.26 Å². The van der Waals surface area contributed by atoms with Crippen molar-refractivity contribution < 1.29 is 18.7 Å². The van der Waals surface area contributed by atoms with Gasteiger partial charge in [-0.3, -0.25) is 9.69 Å². The van der Waals surface area contributed by atoms with E-state index in [-0.39, 0.29) is 27.3 Å². The monoisotopic (exact) mass is 604 g/mol. The Morgan fingerprint density at radius 2 is 1.74 bits per heavy atom. The Balaban J connectivity index is 1.41. The number of likely N-dealkylation sites (tertiary alicyclic amines) is 1. The van der Waals surface area contributed by atoms with Crippen LogP contribution in [0.25, 0.3) is 16.6 Å². The molecule has 4 heterocycles. The summed E-state index contributed by atoms with van der Waals surface area (Å²) in [7, 11) is 0. The maximum Gasteiger partial charge on any atom is 0.341 e. The van der Waals surface area contributed by atoms with E-state index < -0.39 is 28.6 Å². The normalized spacial score (nSPS) is 15.7. The van der Waals surface area contributed by atoms with E-state index in [0.717, 1.165) is 38.2 Å². The van der Waals surface area contributed by atoms with E-state index in [1.54, 1.807) is 35.4 Å². The molecule has 2 aliphatic rings. The highest BCUT2D eigenvalue weighted by Crippen LogP contribution is 2.37. The first-order chi connectivity index (χ1) is 20.8. The van der Waals surface area contributed by atoms with Crippen molar-refractivity contribution in [2.75, 3.05) is 49.1 Å². The first-order valence-corrected chi connectivity index (χ1v) is 14.3. The first-order valence-electron chi connectivity index (χ1n) is 13.9. The number of nitrogens with zero attached hydrogens (tertiary/aromatic N) is 6. The van der Waals surface area contributed by atoms with Gasteiger partial charge in [0.1, 0.15) is 29.1 Å². The third-order valence-corrected chi connectivity index (χ3v) is 8.46. The zero-order valence-corrected chi connectivity index (χ0v) is 23.8.